The van der Waals surface area contributed by atoms with Crippen molar-refractivity contribution in [3.8, 4) is 11.5 Å². The number of primary amides is 1. The predicted molar refractivity (Wildman–Crippen MR) is 125 cm³/mol. The summed E-state index contributed by atoms with van der Waals surface area (Å²) in [7, 11) is 1.27. The number of aliphatic carboxylic acids is 1. The van der Waals surface area contributed by atoms with Gasteiger partial charge in [0.25, 0.3) is 0 Å². The Hall–Kier alpha value is -4.03. The van der Waals surface area contributed by atoms with Crippen molar-refractivity contribution in [1.82, 2.24) is 19.6 Å². The second-order valence-electron chi connectivity index (χ2n) is 6.80. The number of hydrogen-bond donors (Lipinski definition) is 4. The number of nitrogens with two attached hydrogens (primary N) is 2. The van der Waals surface area contributed by atoms with Crippen molar-refractivity contribution in [2.75, 3.05) is 26.0 Å². The minimum Gasteiger partial charge on any atom is -0.493 e. The third kappa shape index (κ3) is 6.05. The number of carboxylic acids is 1. The highest BCUT2D eigenvalue weighted by Gasteiger charge is 2.38. The molecule has 1 aromatic carbocycles. The second kappa shape index (κ2) is 11.2. The molecular formula is C19H24N9O5P. The Morgan fingerprint density at radius 3 is 2.62 bits per heavy atom. The molecule has 0 radical (unpaired) electrons. The molecule has 0 saturated carbocycles. The van der Waals surface area contributed by atoms with Crippen LogP contribution < -0.4 is 26.0 Å². The van der Waals surface area contributed by atoms with E-state index in [9.17, 15) is 14.7 Å². The summed E-state index contributed by atoms with van der Waals surface area (Å²) < 4.78 is 16.3. The number of carbonyl (C=O) groups excluding carboxylic acids is 1. The van der Waals surface area contributed by atoms with Crippen LogP contribution in [0.5, 0.6) is 11.5 Å². The van der Waals surface area contributed by atoms with Gasteiger partial charge < -0.3 is 31.1 Å². The van der Waals surface area contributed by atoms with E-state index in [4.69, 9.17) is 20.9 Å². The number of anilines is 1. The summed E-state index contributed by atoms with van der Waals surface area (Å²) in [5.41, 5.74) is 12.1. The highest BCUT2D eigenvalue weighted by Crippen LogP contribution is 2.45. The Kier molecular flexibility index (Phi) is 8.11. The molecule has 34 heavy (non-hydrogen) atoms. The Morgan fingerprint density at radius 1 is 1.29 bits per heavy atom. The number of guanidine groups is 1. The molecule has 180 valence electrons. The molecule has 2 atom stereocenters. The summed E-state index contributed by atoms with van der Waals surface area (Å²) in [4.78, 5) is 31.7. The molecule has 2 aromatic rings. The molecule has 1 aromatic heterocycles. The largest absolute Gasteiger partial charge is 0.493 e. The lowest BCUT2D eigenvalue weighted by atomic mass is 10.2. The van der Waals surface area contributed by atoms with E-state index >= 15 is 0 Å². The van der Waals surface area contributed by atoms with Crippen LogP contribution in [0.4, 0.5) is 5.95 Å². The fourth-order valence-corrected chi connectivity index (χ4v) is 4.49. The van der Waals surface area contributed by atoms with E-state index in [-0.39, 0.29) is 18.6 Å². The number of carbonyl (C=O) groups is 2. The van der Waals surface area contributed by atoms with Crippen LogP contribution in [0.1, 0.15) is 12.0 Å². The summed E-state index contributed by atoms with van der Waals surface area (Å²) in [6.45, 7) is -0.0884. The van der Waals surface area contributed by atoms with E-state index in [2.05, 4.69) is 24.9 Å². The summed E-state index contributed by atoms with van der Waals surface area (Å²) in [6.07, 6.45) is 4.11. The topological polar surface area (TPSA) is 194 Å². The summed E-state index contributed by atoms with van der Waals surface area (Å²) >= 11 is 0. The third-order valence-electron chi connectivity index (χ3n) is 4.54. The maximum absolute atomic E-state index is 12.0. The van der Waals surface area contributed by atoms with Gasteiger partial charge in [-0.3, -0.25) is 9.59 Å². The molecule has 1 amide bonds. The molecule has 0 saturated heterocycles. The first-order valence-electron chi connectivity index (χ1n) is 9.81. The van der Waals surface area contributed by atoms with Crippen molar-refractivity contribution in [2.24, 2.45) is 21.3 Å². The van der Waals surface area contributed by atoms with Crippen LogP contribution in [0, 0.1) is 0 Å². The van der Waals surface area contributed by atoms with Gasteiger partial charge in [-0.1, -0.05) is 0 Å². The summed E-state index contributed by atoms with van der Waals surface area (Å²) in [5, 5.41) is 18.4. The van der Waals surface area contributed by atoms with E-state index in [0.717, 1.165) is 0 Å². The lowest BCUT2D eigenvalue weighted by molar-refractivity contribution is -0.143. The number of carboxylic acid groups (broad SMARTS) is 1. The Bertz CT molecular complexity index is 1090. The number of amides is 1. The van der Waals surface area contributed by atoms with Crippen LogP contribution >= 0.6 is 8.37 Å². The van der Waals surface area contributed by atoms with Crippen LogP contribution in [0.2, 0.25) is 0 Å². The number of ether oxygens (including phenoxy) is 2. The molecule has 0 fully saturated rings. The Balaban J connectivity index is 1.90. The molecule has 1 aliphatic rings. The molecule has 14 nitrogen and oxygen atoms in total. The van der Waals surface area contributed by atoms with Crippen molar-refractivity contribution >= 4 is 38.4 Å². The van der Waals surface area contributed by atoms with E-state index in [1.807, 2.05) is 0 Å². The zero-order chi connectivity index (χ0) is 24.7. The van der Waals surface area contributed by atoms with Crippen LogP contribution in [0.15, 0.2) is 46.5 Å². The highest BCUT2D eigenvalue weighted by atomic mass is 31.1. The maximum Gasteiger partial charge on any atom is 0.321 e. The zero-order valence-corrected chi connectivity index (χ0v) is 19.3. The van der Waals surface area contributed by atoms with Gasteiger partial charge in [0.05, 0.1) is 26.9 Å². The number of nitrogens with zero attached hydrogens (tertiary/aromatic N) is 6. The molecule has 6 N–H and O–H groups in total. The predicted octanol–water partition coefficient (Wildman–Crippen LogP) is 0.385. The average molecular weight is 489 g/mol. The molecule has 3 rings (SSSR count). The number of hydrazone groups is 1. The van der Waals surface area contributed by atoms with Crippen LogP contribution in [-0.2, 0) is 9.59 Å². The number of nitrogens with one attached hydrogen (secondary N) is 1. The second-order valence-corrected chi connectivity index (χ2v) is 8.31. The van der Waals surface area contributed by atoms with E-state index in [1.165, 1.54) is 42.5 Å². The van der Waals surface area contributed by atoms with Crippen molar-refractivity contribution in [2.45, 2.75) is 12.5 Å². The standard InChI is InChI=1S/C19H24N9O5P/c1-32-14-5-4-12(8-15(14)33-2)10-24-27-11-28(13(17(30)31)9-16(20)29)34(25-18(27)21)26-19-22-6-3-7-23-19/h3-8,10,13H,9,11H2,1-2H3,(H2,20,29)(H2,21,25)(H,30,31)(H,22,23,26)/b24-10+. The minimum absolute atomic E-state index is 0.0331. The van der Waals surface area contributed by atoms with E-state index in [0.29, 0.717) is 17.1 Å². The highest BCUT2D eigenvalue weighted by molar-refractivity contribution is 7.55. The molecule has 0 bridgehead atoms. The van der Waals surface area contributed by atoms with Gasteiger partial charge in [0.15, 0.2) is 11.5 Å². The number of benzene rings is 1. The molecule has 0 spiro atoms. The normalized spacial score (nSPS) is 17.2. The Labute approximate surface area is 196 Å². The summed E-state index contributed by atoms with van der Waals surface area (Å²) in [5.74, 6) is -0.703. The van der Waals surface area contributed by atoms with Gasteiger partial charge >= 0.3 is 5.97 Å². The van der Waals surface area contributed by atoms with Gasteiger partial charge in [0.1, 0.15) is 12.7 Å². The quantitative estimate of drug-likeness (QED) is 0.266. The summed E-state index contributed by atoms with van der Waals surface area (Å²) in [6, 6.07) is 5.54. The monoisotopic (exact) mass is 489 g/mol. The minimum atomic E-state index is -1.78. The first-order chi connectivity index (χ1) is 16.3. The smallest absolute Gasteiger partial charge is 0.321 e. The van der Waals surface area contributed by atoms with Crippen molar-refractivity contribution in [1.29, 1.82) is 0 Å². The maximum atomic E-state index is 12.0. The third-order valence-corrected chi connectivity index (χ3v) is 6.23. The SMILES string of the molecule is COc1ccc(/C=N/N2CN(C(CC(N)=O)C(=O)O)P(Nc3ncccn3)N=C2N)cc1OC. The molecule has 2 unspecified atom stereocenters. The average Bonchev–Trinajstić information content (AvgIpc) is 2.82. The van der Waals surface area contributed by atoms with Crippen LogP contribution in [-0.4, -0.2) is 75.7 Å². The van der Waals surface area contributed by atoms with Gasteiger partial charge in [-0.05, 0) is 29.8 Å². The molecule has 0 aliphatic carbocycles. The van der Waals surface area contributed by atoms with Gasteiger partial charge in [-0.2, -0.15) is 9.86 Å². The number of methoxy groups -OCH3 is 2. The zero-order valence-electron chi connectivity index (χ0n) is 18.4. The van der Waals surface area contributed by atoms with Crippen molar-refractivity contribution < 1.29 is 24.2 Å². The number of hydrogen-bond acceptors (Lipinski definition) is 12. The first-order valence-corrected chi connectivity index (χ1v) is 11.1. The fraction of sp³-hybridized carbons (Fsp3) is 0.263. The van der Waals surface area contributed by atoms with Crippen molar-refractivity contribution in [3.05, 3.63) is 42.2 Å². The van der Waals surface area contributed by atoms with E-state index in [1.54, 1.807) is 24.3 Å². The Morgan fingerprint density at radius 2 is 2.00 bits per heavy atom. The molecular weight excluding hydrogens is 465 g/mol. The molecule has 15 heteroatoms. The lowest BCUT2D eigenvalue weighted by Gasteiger charge is -2.38. The molecule has 2 heterocycles. The number of aromatic nitrogens is 2. The first kappa shape index (κ1) is 24.6. The van der Waals surface area contributed by atoms with E-state index < -0.39 is 32.7 Å². The van der Waals surface area contributed by atoms with Crippen LogP contribution in [0.3, 0.4) is 0 Å². The fourth-order valence-electron chi connectivity index (χ4n) is 2.92. The van der Waals surface area contributed by atoms with Crippen molar-refractivity contribution in [3.63, 3.8) is 0 Å². The lowest BCUT2D eigenvalue weighted by Crippen LogP contribution is -2.51. The van der Waals surface area contributed by atoms with Gasteiger partial charge in [-0.15, -0.1) is 0 Å². The molecule has 1 aliphatic heterocycles. The van der Waals surface area contributed by atoms with Gasteiger partial charge in [0.2, 0.25) is 26.2 Å². The van der Waals surface area contributed by atoms with Crippen LogP contribution in [0.25, 0.3) is 0 Å². The number of rotatable bonds is 10. The van der Waals surface area contributed by atoms with Gasteiger partial charge in [0, 0.05) is 12.4 Å². The van der Waals surface area contributed by atoms with Gasteiger partial charge in [-0.25, -0.2) is 19.6 Å².